The van der Waals surface area contributed by atoms with E-state index in [1.807, 2.05) is 0 Å². The first-order valence-corrected chi connectivity index (χ1v) is 7.23. The van der Waals surface area contributed by atoms with Crippen LogP contribution in [0.15, 0.2) is 0 Å². The van der Waals surface area contributed by atoms with Crippen LogP contribution in [-0.4, -0.2) is 36.5 Å². The SMILES string of the molecule is C[C@@H]1CN(C(=O)C2CC23CCCCC3)CCN1. The van der Waals surface area contributed by atoms with Crippen LogP contribution < -0.4 is 5.32 Å². The Morgan fingerprint density at radius 1 is 1.29 bits per heavy atom. The van der Waals surface area contributed by atoms with Crippen LogP contribution in [0.5, 0.6) is 0 Å². The van der Waals surface area contributed by atoms with E-state index in [9.17, 15) is 4.79 Å². The predicted octanol–water partition coefficient (Wildman–Crippen LogP) is 1.78. The smallest absolute Gasteiger partial charge is 0.226 e. The summed E-state index contributed by atoms with van der Waals surface area (Å²) in [5.74, 6) is 0.841. The Morgan fingerprint density at radius 3 is 2.76 bits per heavy atom. The van der Waals surface area contributed by atoms with Crippen molar-refractivity contribution in [2.45, 2.75) is 51.5 Å². The van der Waals surface area contributed by atoms with Crippen LogP contribution in [0, 0.1) is 11.3 Å². The van der Waals surface area contributed by atoms with Crippen molar-refractivity contribution in [3.05, 3.63) is 0 Å². The predicted molar refractivity (Wildman–Crippen MR) is 67.7 cm³/mol. The first kappa shape index (κ1) is 11.5. The molecule has 3 nitrogen and oxygen atoms in total. The largest absolute Gasteiger partial charge is 0.340 e. The molecule has 2 atom stereocenters. The van der Waals surface area contributed by atoms with Gasteiger partial charge in [0.2, 0.25) is 5.91 Å². The third-order valence-corrected chi connectivity index (χ3v) is 5.02. The Hall–Kier alpha value is -0.570. The second-order valence-corrected chi connectivity index (χ2v) is 6.32. The van der Waals surface area contributed by atoms with Gasteiger partial charge in [-0.15, -0.1) is 0 Å². The summed E-state index contributed by atoms with van der Waals surface area (Å²) in [4.78, 5) is 14.6. The fourth-order valence-electron chi connectivity index (χ4n) is 3.86. The van der Waals surface area contributed by atoms with Crippen molar-refractivity contribution in [1.82, 2.24) is 10.2 Å². The number of amides is 1. The molecule has 0 radical (unpaired) electrons. The number of hydrogen-bond acceptors (Lipinski definition) is 2. The van der Waals surface area contributed by atoms with E-state index < -0.39 is 0 Å². The van der Waals surface area contributed by atoms with Crippen molar-refractivity contribution in [2.75, 3.05) is 19.6 Å². The number of nitrogens with zero attached hydrogens (tertiary/aromatic N) is 1. The van der Waals surface area contributed by atoms with Crippen molar-refractivity contribution in [3.8, 4) is 0 Å². The molecule has 1 heterocycles. The van der Waals surface area contributed by atoms with E-state index in [0.717, 1.165) is 19.6 Å². The van der Waals surface area contributed by atoms with Crippen LogP contribution in [0.4, 0.5) is 0 Å². The molecule has 1 N–H and O–H groups in total. The Morgan fingerprint density at radius 2 is 2.06 bits per heavy atom. The van der Waals surface area contributed by atoms with Gasteiger partial charge in [-0.25, -0.2) is 0 Å². The van der Waals surface area contributed by atoms with Gasteiger partial charge in [-0.2, -0.15) is 0 Å². The Labute approximate surface area is 104 Å². The van der Waals surface area contributed by atoms with Gasteiger partial charge < -0.3 is 10.2 Å². The van der Waals surface area contributed by atoms with Crippen molar-refractivity contribution in [2.24, 2.45) is 11.3 Å². The van der Waals surface area contributed by atoms with E-state index in [4.69, 9.17) is 0 Å². The zero-order valence-electron chi connectivity index (χ0n) is 10.9. The minimum Gasteiger partial charge on any atom is -0.340 e. The van der Waals surface area contributed by atoms with E-state index in [-0.39, 0.29) is 0 Å². The highest BCUT2D eigenvalue weighted by Gasteiger charge is 2.58. The lowest BCUT2D eigenvalue weighted by molar-refractivity contribution is -0.134. The molecule has 96 valence electrons. The summed E-state index contributed by atoms with van der Waals surface area (Å²) in [6, 6.07) is 0.466. The summed E-state index contributed by atoms with van der Waals surface area (Å²) in [6.45, 7) is 4.95. The monoisotopic (exact) mass is 236 g/mol. The maximum absolute atomic E-state index is 12.5. The first-order valence-electron chi connectivity index (χ1n) is 7.23. The Bertz CT molecular complexity index is 309. The number of carbonyl (C=O) groups is 1. The van der Waals surface area contributed by atoms with Crippen molar-refractivity contribution < 1.29 is 4.79 Å². The van der Waals surface area contributed by atoms with Crippen molar-refractivity contribution in [3.63, 3.8) is 0 Å². The lowest BCUT2D eigenvalue weighted by Gasteiger charge is -2.33. The number of carbonyl (C=O) groups excluding carboxylic acids is 1. The molecule has 0 aromatic heterocycles. The summed E-state index contributed by atoms with van der Waals surface area (Å²) < 4.78 is 0. The van der Waals surface area contributed by atoms with E-state index >= 15 is 0 Å². The standard InChI is InChI=1S/C14H24N2O/c1-11-10-16(8-7-15-11)13(17)12-9-14(12)5-3-2-4-6-14/h11-12,15H,2-10H2,1H3/t11-,12?/m1/s1. The summed E-state index contributed by atoms with van der Waals surface area (Å²) in [5.41, 5.74) is 0.448. The highest BCUT2D eigenvalue weighted by atomic mass is 16.2. The second-order valence-electron chi connectivity index (χ2n) is 6.32. The highest BCUT2D eigenvalue weighted by molar-refractivity contribution is 5.83. The molecule has 3 fully saturated rings. The Kier molecular flexibility index (Phi) is 2.89. The minimum atomic E-state index is 0.382. The molecule has 3 rings (SSSR count). The topological polar surface area (TPSA) is 32.3 Å². The first-order chi connectivity index (χ1) is 8.21. The molecule has 0 aromatic carbocycles. The summed E-state index contributed by atoms with van der Waals surface area (Å²) in [7, 11) is 0. The fourth-order valence-corrected chi connectivity index (χ4v) is 3.86. The van der Waals surface area contributed by atoms with Crippen LogP contribution in [0.3, 0.4) is 0 Å². The molecule has 1 spiro atoms. The normalized spacial score (nSPS) is 35.9. The van der Waals surface area contributed by atoms with Crippen LogP contribution in [0.25, 0.3) is 0 Å². The zero-order valence-corrected chi connectivity index (χ0v) is 10.9. The molecule has 3 aliphatic rings. The van der Waals surface area contributed by atoms with Gasteiger partial charge in [0.05, 0.1) is 0 Å². The molecule has 1 saturated heterocycles. The van der Waals surface area contributed by atoms with Crippen molar-refractivity contribution >= 4 is 5.91 Å². The maximum Gasteiger partial charge on any atom is 0.226 e. The fraction of sp³-hybridized carbons (Fsp3) is 0.929. The summed E-state index contributed by atoms with van der Waals surface area (Å²) in [5, 5.41) is 3.40. The van der Waals surface area contributed by atoms with Gasteiger partial charge in [0.25, 0.3) is 0 Å². The molecule has 0 bridgehead atoms. The number of rotatable bonds is 1. The third-order valence-electron chi connectivity index (χ3n) is 5.02. The second kappa shape index (κ2) is 4.27. The molecule has 3 heteroatoms. The quantitative estimate of drug-likeness (QED) is 0.752. The van der Waals surface area contributed by atoms with Crippen LogP contribution in [0.1, 0.15) is 45.4 Å². The third kappa shape index (κ3) is 2.10. The van der Waals surface area contributed by atoms with Gasteiger partial charge in [0.15, 0.2) is 0 Å². The molecule has 0 aromatic rings. The zero-order chi connectivity index (χ0) is 11.9. The highest BCUT2D eigenvalue weighted by Crippen LogP contribution is 2.61. The molecule has 1 amide bonds. The molecular weight excluding hydrogens is 212 g/mol. The number of hydrogen-bond donors (Lipinski definition) is 1. The molecular formula is C14H24N2O. The van der Waals surface area contributed by atoms with E-state index in [2.05, 4.69) is 17.1 Å². The lowest BCUT2D eigenvalue weighted by atomic mass is 9.84. The molecule has 1 aliphatic heterocycles. The molecule has 17 heavy (non-hydrogen) atoms. The van der Waals surface area contributed by atoms with E-state index in [1.54, 1.807) is 0 Å². The average Bonchev–Trinajstić information content (AvgIpc) is 3.03. The number of piperazine rings is 1. The minimum absolute atomic E-state index is 0.382. The lowest BCUT2D eigenvalue weighted by Crippen LogP contribution is -2.52. The molecule has 2 saturated carbocycles. The van der Waals surface area contributed by atoms with Crippen molar-refractivity contribution in [1.29, 1.82) is 0 Å². The summed E-state index contributed by atoms with van der Waals surface area (Å²) >= 11 is 0. The van der Waals surface area contributed by atoms with Gasteiger partial charge >= 0.3 is 0 Å². The van der Waals surface area contributed by atoms with E-state index in [1.165, 1.54) is 38.5 Å². The van der Waals surface area contributed by atoms with Crippen LogP contribution in [0.2, 0.25) is 0 Å². The van der Waals surface area contributed by atoms with Gasteiger partial charge in [0, 0.05) is 31.6 Å². The van der Waals surface area contributed by atoms with Gasteiger partial charge in [0.1, 0.15) is 0 Å². The molecule has 1 unspecified atom stereocenters. The number of nitrogens with one attached hydrogen (secondary N) is 1. The van der Waals surface area contributed by atoms with Gasteiger partial charge in [-0.05, 0) is 31.6 Å². The van der Waals surface area contributed by atoms with Gasteiger partial charge in [-0.1, -0.05) is 19.3 Å². The van der Waals surface area contributed by atoms with E-state index in [0.29, 0.717) is 23.3 Å². The molecule has 2 aliphatic carbocycles. The summed E-state index contributed by atoms with van der Waals surface area (Å²) in [6.07, 6.45) is 7.89. The van der Waals surface area contributed by atoms with Crippen LogP contribution in [-0.2, 0) is 4.79 Å². The van der Waals surface area contributed by atoms with Crippen LogP contribution >= 0.6 is 0 Å². The Balaban J connectivity index is 1.60. The average molecular weight is 236 g/mol. The van der Waals surface area contributed by atoms with Gasteiger partial charge in [-0.3, -0.25) is 4.79 Å². The maximum atomic E-state index is 12.5.